The molecule has 2 N–H and O–H groups in total. The number of fused-ring (bicyclic) bond motifs is 1. The van der Waals surface area contributed by atoms with Crippen molar-refractivity contribution in [2.45, 2.75) is 6.54 Å². The Labute approximate surface area is 118 Å². The molecule has 0 saturated carbocycles. The molecule has 0 aliphatic rings. The van der Waals surface area contributed by atoms with Crippen molar-refractivity contribution < 1.29 is 9.90 Å². The number of para-hydroxylation sites is 1. The number of benzene rings is 1. The number of carboxylic acid groups (broad SMARTS) is 1. The number of aromatic carboxylic acids is 1. The molecule has 5 nitrogen and oxygen atoms in total. The van der Waals surface area contributed by atoms with Gasteiger partial charge < -0.3 is 10.4 Å². The molecule has 6 heteroatoms. The summed E-state index contributed by atoms with van der Waals surface area (Å²) in [4.78, 5) is 19.2. The SMILES string of the molecule is O=C(O)c1nc(NCc2ccsc2)c2ccccc2n1. The van der Waals surface area contributed by atoms with Crippen molar-refractivity contribution >= 4 is 34.0 Å². The molecule has 2 heterocycles. The van der Waals surface area contributed by atoms with Crippen LogP contribution in [0, 0.1) is 0 Å². The van der Waals surface area contributed by atoms with Gasteiger partial charge >= 0.3 is 5.97 Å². The highest BCUT2D eigenvalue weighted by Crippen LogP contribution is 2.21. The lowest BCUT2D eigenvalue weighted by molar-refractivity contribution is 0.0684. The van der Waals surface area contributed by atoms with E-state index >= 15 is 0 Å². The zero-order chi connectivity index (χ0) is 13.9. The van der Waals surface area contributed by atoms with E-state index in [1.165, 1.54) is 0 Å². The minimum absolute atomic E-state index is 0.198. The normalized spacial score (nSPS) is 10.6. The number of carboxylic acids is 1. The average molecular weight is 285 g/mol. The van der Waals surface area contributed by atoms with Gasteiger partial charge in [-0.25, -0.2) is 14.8 Å². The molecule has 0 radical (unpaired) electrons. The van der Waals surface area contributed by atoms with Gasteiger partial charge in [0.2, 0.25) is 5.82 Å². The van der Waals surface area contributed by atoms with Crippen LogP contribution < -0.4 is 5.32 Å². The summed E-state index contributed by atoms with van der Waals surface area (Å²) in [5.74, 6) is -0.787. The molecule has 0 fully saturated rings. The maximum Gasteiger partial charge on any atom is 0.374 e. The molecular formula is C14H11N3O2S. The van der Waals surface area contributed by atoms with E-state index in [0.29, 0.717) is 17.9 Å². The number of carbonyl (C=O) groups is 1. The van der Waals surface area contributed by atoms with Gasteiger partial charge in [0.1, 0.15) is 5.82 Å². The number of nitrogens with one attached hydrogen (secondary N) is 1. The van der Waals surface area contributed by atoms with Crippen molar-refractivity contribution in [1.29, 1.82) is 0 Å². The van der Waals surface area contributed by atoms with Gasteiger partial charge in [-0.2, -0.15) is 11.3 Å². The lowest BCUT2D eigenvalue weighted by atomic mass is 10.2. The molecule has 2 aromatic heterocycles. The Bertz CT molecular complexity index is 756. The Balaban J connectivity index is 2.00. The van der Waals surface area contributed by atoms with Crippen molar-refractivity contribution in [1.82, 2.24) is 9.97 Å². The molecule has 3 rings (SSSR count). The van der Waals surface area contributed by atoms with Crippen molar-refractivity contribution in [3.63, 3.8) is 0 Å². The van der Waals surface area contributed by atoms with E-state index in [9.17, 15) is 4.79 Å². The molecule has 0 saturated heterocycles. The molecule has 0 bridgehead atoms. The van der Waals surface area contributed by atoms with E-state index in [2.05, 4.69) is 15.3 Å². The first-order valence-electron chi connectivity index (χ1n) is 5.99. The van der Waals surface area contributed by atoms with Gasteiger partial charge in [0.05, 0.1) is 5.52 Å². The van der Waals surface area contributed by atoms with Crippen LogP contribution in [0.5, 0.6) is 0 Å². The number of rotatable bonds is 4. The maximum absolute atomic E-state index is 11.1. The summed E-state index contributed by atoms with van der Waals surface area (Å²) >= 11 is 1.62. The molecule has 1 aromatic carbocycles. The third kappa shape index (κ3) is 2.46. The number of hydrogen-bond donors (Lipinski definition) is 2. The van der Waals surface area contributed by atoms with Gasteiger partial charge in [-0.3, -0.25) is 0 Å². The first-order chi connectivity index (χ1) is 9.74. The molecule has 0 spiro atoms. The lowest BCUT2D eigenvalue weighted by Gasteiger charge is -2.08. The molecule has 20 heavy (non-hydrogen) atoms. The Morgan fingerprint density at radius 1 is 1.25 bits per heavy atom. The predicted molar refractivity (Wildman–Crippen MR) is 78.1 cm³/mol. The standard InChI is InChI=1S/C14H11N3O2S/c18-14(19)13-16-11-4-2-1-3-10(11)12(17-13)15-7-9-5-6-20-8-9/h1-6,8H,7H2,(H,18,19)(H,15,16,17). The quantitative estimate of drug-likeness (QED) is 0.770. The van der Waals surface area contributed by atoms with Crippen molar-refractivity contribution in [3.8, 4) is 0 Å². The minimum atomic E-state index is -1.13. The van der Waals surface area contributed by atoms with Crippen molar-refractivity contribution in [3.05, 3.63) is 52.5 Å². The first kappa shape index (κ1) is 12.6. The summed E-state index contributed by atoms with van der Waals surface area (Å²) in [6.07, 6.45) is 0. The highest BCUT2D eigenvalue weighted by molar-refractivity contribution is 7.07. The molecule has 0 aliphatic carbocycles. The average Bonchev–Trinajstić information content (AvgIpc) is 2.97. The van der Waals surface area contributed by atoms with E-state index in [1.807, 2.05) is 35.0 Å². The van der Waals surface area contributed by atoms with E-state index in [4.69, 9.17) is 5.11 Å². The fraction of sp³-hybridized carbons (Fsp3) is 0.0714. The van der Waals surface area contributed by atoms with Gasteiger partial charge in [-0.1, -0.05) is 12.1 Å². The van der Waals surface area contributed by atoms with Crippen LogP contribution in [-0.4, -0.2) is 21.0 Å². The summed E-state index contributed by atoms with van der Waals surface area (Å²) in [5.41, 5.74) is 1.75. The zero-order valence-electron chi connectivity index (χ0n) is 10.4. The van der Waals surface area contributed by atoms with Crippen LogP contribution in [0.25, 0.3) is 10.9 Å². The summed E-state index contributed by atoms with van der Waals surface area (Å²) in [6, 6.07) is 9.36. The van der Waals surface area contributed by atoms with E-state index in [1.54, 1.807) is 17.4 Å². The Morgan fingerprint density at radius 3 is 2.85 bits per heavy atom. The van der Waals surface area contributed by atoms with Gasteiger partial charge in [0.25, 0.3) is 0 Å². The molecule has 0 aliphatic heterocycles. The number of hydrogen-bond acceptors (Lipinski definition) is 5. The van der Waals surface area contributed by atoms with E-state index < -0.39 is 5.97 Å². The number of nitrogens with zero attached hydrogens (tertiary/aromatic N) is 2. The molecule has 0 amide bonds. The van der Waals surface area contributed by atoms with Crippen LogP contribution in [0.15, 0.2) is 41.1 Å². The summed E-state index contributed by atoms with van der Waals surface area (Å²) in [5, 5.41) is 17.1. The minimum Gasteiger partial charge on any atom is -0.475 e. The number of aromatic nitrogens is 2. The van der Waals surface area contributed by atoms with Gasteiger partial charge in [-0.15, -0.1) is 0 Å². The smallest absolute Gasteiger partial charge is 0.374 e. The molecule has 100 valence electrons. The lowest BCUT2D eigenvalue weighted by Crippen LogP contribution is -2.09. The highest BCUT2D eigenvalue weighted by Gasteiger charge is 2.12. The second kappa shape index (κ2) is 5.26. The van der Waals surface area contributed by atoms with Crippen LogP contribution in [0.1, 0.15) is 16.2 Å². The van der Waals surface area contributed by atoms with Crippen LogP contribution in [0.4, 0.5) is 5.82 Å². The summed E-state index contributed by atoms with van der Waals surface area (Å²) in [6.45, 7) is 0.601. The van der Waals surface area contributed by atoms with Crippen molar-refractivity contribution in [2.75, 3.05) is 5.32 Å². The third-order valence-electron chi connectivity index (χ3n) is 2.83. The van der Waals surface area contributed by atoms with Gasteiger partial charge in [0, 0.05) is 11.9 Å². The zero-order valence-corrected chi connectivity index (χ0v) is 11.2. The van der Waals surface area contributed by atoms with E-state index in [0.717, 1.165) is 10.9 Å². The van der Waals surface area contributed by atoms with Crippen LogP contribution in [-0.2, 0) is 6.54 Å². The number of anilines is 1. The topological polar surface area (TPSA) is 75.1 Å². The summed E-state index contributed by atoms with van der Waals surface area (Å²) < 4.78 is 0. The van der Waals surface area contributed by atoms with Crippen LogP contribution in [0.3, 0.4) is 0 Å². The highest BCUT2D eigenvalue weighted by atomic mass is 32.1. The fourth-order valence-electron chi connectivity index (χ4n) is 1.89. The van der Waals surface area contributed by atoms with Gasteiger partial charge in [-0.05, 0) is 34.5 Å². The van der Waals surface area contributed by atoms with Crippen LogP contribution >= 0.6 is 11.3 Å². The fourth-order valence-corrected chi connectivity index (χ4v) is 2.55. The summed E-state index contributed by atoms with van der Waals surface area (Å²) in [7, 11) is 0. The monoisotopic (exact) mass is 285 g/mol. The Kier molecular flexibility index (Phi) is 3.30. The molecule has 0 atom stereocenters. The molecule has 0 unspecified atom stereocenters. The largest absolute Gasteiger partial charge is 0.475 e. The Morgan fingerprint density at radius 2 is 2.10 bits per heavy atom. The Hall–Kier alpha value is -2.47. The first-order valence-corrected chi connectivity index (χ1v) is 6.93. The second-order valence-corrected chi connectivity index (χ2v) is 4.98. The van der Waals surface area contributed by atoms with Crippen LogP contribution in [0.2, 0.25) is 0 Å². The second-order valence-electron chi connectivity index (χ2n) is 4.20. The predicted octanol–water partition coefficient (Wildman–Crippen LogP) is 3.00. The molecular weight excluding hydrogens is 274 g/mol. The van der Waals surface area contributed by atoms with E-state index in [-0.39, 0.29) is 5.82 Å². The maximum atomic E-state index is 11.1. The molecule has 3 aromatic rings. The third-order valence-corrected chi connectivity index (χ3v) is 3.57. The van der Waals surface area contributed by atoms with Crippen molar-refractivity contribution in [2.24, 2.45) is 0 Å². The number of thiophene rings is 1. The van der Waals surface area contributed by atoms with Gasteiger partial charge in [0.15, 0.2) is 0 Å².